The molecule has 0 unspecified atom stereocenters. The third-order valence-corrected chi connectivity index (χ3v) is 1.88. The molecule has 0 aliphatic rings. The molecule has 0 bridgehead atoms. The topological polar surface area (TPSA) is 99.5 Å². The fourth-order valence-corrected chi connectivity index (χ4v) is 1.16. The normalized spacial score (nSPS) is 9.67. The molecular formula is C8H7BrN2O4. The highest BCUT2D eigenvalue weighted by atomic mass is 79.9. The van der Waals surface area contributed by atoms with Gasteiger partial charge in [-0.3, -0.25) is 9.59 Å². The van der Waals surface area contributed by atoms with Crippen molar-refractivity contribution in [1.29, 1.82) is 0 Å². The number of carbonyl (C=O) groups is 2. The number of pyridine rings is 1. The first-order valence-electron chi connectivity index (χ1n) is 3.85. The fourth-order valence-electron chi connectivity index (χ4n) is 0.843. The quantitative estimate of drug-likeness (QED) is 0.739. The van der Waals surface area contributed by atoms with E-state index in [1.165, 1.54) is 12.3 Å². The molecule has 0 spiro atoms. The molecule has 0 radical (unpaired) electrons. The standard InChI is InChI=1S/C8H7BrN2O4/c9-4-1-5(12)7(10-2-4)8(15)11-3-6(13)14/h1-2,12H,3H2,(H,11,15)(H,13,14). The number of aliphatic carboxylic acids is 1. The second-order valence-corrected chi connectivity index (χ2v) is 3.51. The lowest BCUT2D eigenvalue weighted by Crippen LogP contribution is -2.29. The molecule has 1 heterocycles. The van der Waals surface area contributed by atoms with Crippen molar-refractivity contribution in [2.75, 3.05) is 6.54 Å². The molecule has 3 N–H and O–H groups in total. The van der Waals surface area contributed by atoms with Crippen LogP contribution in [0.25, 0.3) is 0 Å². The zero-order valence-corrected chi connectivity index (χ0v) is 8.98. The van der Waals surface area contributed by atoms with Gasteiger partial charge < -0.3 is 15.5 Å². The fraction of sp³-hybridized carbons (Fsp3) is 0.125. The van der Waals surface area contributed by atoms with Crippen molar-refractivity contribution >= 4 is 27.8 Å². The summed E-state index contributed by atoms with van der Waals surface area (Å²) in [5.74, 6) is -2.21. The summed E-state index contributed by atoms with van der Waals surface area (Å²) in [4.78, 5) is 25.1. The maximum atomic E-state index is 11.3. The van der Waals surface area contributed by atoms with Gasteiger partial charge in [0.05, 0.1) is 0 Å². The van der Waals surface area contributed by atoms with Crippen molar-refractivity contribution in [3.63, 3.8) is 0 Å². The van der Waals surface area contributed by atoms with Gasteiger partial charge in [0.15, 0.2) is 5.69 Å². The third kappa shape index (κ3) is 3.21. The maximum Gasteiger partial charge on any atom is 0.322 e. The Balaban J connectivity index is 2.78. The molecule has 0 aliphatic carbocycles. The van der Waals surface area contributed by atoms with E-state index < -0.39 is 18.4 Å². The second-order valence-electron chi connectivity index (χ2n) is 2.60. The Hall–Kier alpha value is -1.63. The lowest BCUT2D eigenvalue weighted by Gasteiger charge is -2.03. The Morgan fingerprint density at radius 2 is 2.20 bits per heavy atom. The molecule has 6 nitrogen and oxygen atoms in total. The van der Waals surface area contributed by atoms with Crippen molar-refractivity contribution in [1.82, 2.24) is 10.3 Å². The number of aromatic hydroxyl groups is 1. The molecule has 1 amide bonds. The average Bonchev–Trinajstić information content (AvgIpc) is 2.14. The molecule has 1 aromatic rings. The zero-order valence-electron chi connectivity index (χ0n) is 7.40. The van der Waals surface area contributed by atoms with Gasteiger partial charge in [-0.05, 0) is 22.0 Å². The number of carbonyl (C=O) groups excluding carboxylic acids is 1. The van der Waals surface area contributed by atoms with E-state index >= 15 is 0 Å². The predicted octanol–water partition coefficient (Wildman–Crippen LogP) is 0.364. The molecule has 7 heteroatoms. The van der Waals surface area contributed by atoms with Gasteiger partial charge in [-0.1, -0.05) is 0 Å². The summed E-state index contributed by atoms with van der Waals surface area (Å²) in [7, 11) is 0. The Morgan fingerprint density at radius 1 is 1.53 bits per heavy atom. The van der Waals surface area contributed by atoms with Crippen molar-refractivity contribution in [2.24, 2.45) is 0 Å². The minimum absolute atomic E-state index is 0.209. The van der Waals surface area contributed by atoms with E-state index in [4.69, 9.17) is 5.11 Å². The summed E-state index contributed by atoms with van der Waals surface area (Å²) >= 11 is 3.06. The zero-order chi connectivity index (χ0) is 11.4. The van der Waals surface area contributed by atoms with Gasteiger partial charge in [-0.2, -0.15) is 0 Å². The number of halogens is 1. The van der Waals surface area contributed by atoms with Crippen LogP contribution in [-0.4, -0.2) is 33.6 Å². The van der Waals surface area contributed by atoms with Gasteiger partial charge in [0.1, 0.15) is 12.3 Å². The van der Waals surface area contributed by atoms with Gasteiger partial charge in [-0.25, -0.2) is 4.98 Å². The van der Waals surface area contributed by atoms with Crippen LogP contribution in [-0.2, 0) is 4.79 Å². The van der Waals surface area contributed by atoms with Crippen LogP contribution in [0.3, 0.4) is 0 Å². The van der Waals surface area contributed by atoms with E-state index in [0.717, 1.165) is 0 Å². The number of carboxylic acids is 1. The van der Waals surface area contributed by atoms with Crippen LogP contribution in [0, 0.1) is 0 Å². The third-order valence-electron chi connectivity index (χ3n) is 1.45. The van der Waals surface area contributed by atoms with Gasteiger partial charge >= 0.3 is 5.97 Å². The van der Waals surface area contributed by atoms with Crippen molar-refractivity contribution in [2.45, 2.75) is 0 Å². The smallest absolute Gasteiger partial charge is 0.322 e. The molecule has 0 saturated carbocycles. The summed E-state index contributed by atoms with van der Waals surface area (Å²) in [5, 5.41) is 19.7. The number of nitrogens with zero attached hydrogens (tertiary/aromatic N) is 1. The first-order valence-corrected chi connectivity index (χ1v) is 4.64. The summed E-state index contributed by atoms with van der Waals surface area (Å²) in [6, 6.07) is 1.29. The highest BCUT2D eigenvalue weighted by Crippen LogP contribution is 2.19. The van der Waals surface area contributed by atoms with Crippen LogP contribution >= 0.6 is 15.9 Å². The van der Waals surface area contributed by atoms with E-state index in [2.05, 4.69) is 26.2 Å². The monoisotopic (exact) mass is 274 g/mol. The molecule has 1 rings (SSSR count). The summed E-state index contributed by atoms with van der Waals surface area (Å²) in [5.41, 5.74) is -0.209. The second kappa shape index (κ2) is 4.74. The maximum absolute atomic E-state index is 11.3. The van der Waals surface area contributed by atoms with Gasteiger partial charge in [0.2, 0.25) is 0 Å². The predicted molar refractivity (Wildman–Crippen MR) is 53.6 cm³/mol. The average molecular weight is 275 g/mol. The Kier molecular flexibility index (Phi) is 3.62. The van der Waals surface area contributed by atoms with Gasteiger partial charge in [0, 0.05) is 10.7 Å². The van der Waals surface area contributed by atoms with E-state index in [1.807, 2.05) is 0 Å². The minimum atomic E-state index is -1.17. The lowest BCUT2D eigenvalue weighted by atomic mass is 10.3. The molecule has 0 saturated heterocycles. The van der Waals surface area contributed by atoms with E-state index in [0.29, 0.717) is 4.47 Å². The number of nitrogens with one attached hydrogen (secondary N) is 1. The van der Waals surface area contributed by atoms with Crippen LogP contribution in [0.1, 0.15) is 10.5 Å². The molecule has 0 atom stereocenters. The lowest BCUT2D eigenvalue weighted by molar-refractivity contribution is -0.135. The minimum Gasteiger partial charge on any atom is -0.505 e. The number of rotatable bonds is 3. The summed E-state index contributed by atoms with van der Waals surface area (Å²) in [6.45, 7) is -0.518. The highest BCUT2D eigenvalue weighted by molar-refractivity contribution is 9.10. The van der Waals surface area contributed by atoms with Crippen molar-refractivity contribution < 1.29 is 19.8 Å². The Labute approximate surface area is 93.1 Å². The Morgan fingerprint density at radius 3 is 2.73 bits per heavy atom. The van der Waals surface area contributed by atoms with Gasteiger partial charge in [0.25, 0.3) is 5.91 Å². The molecule has 1 aromatic heterocycles. The number of aromatic nitrogens is 1. The first kappa shape index (κ1) is 11.4. The van der Waals surface area contributed by atoms with Crippen LogP contribution in [0.2, 0.25) is 0 Å². The van der Waals surface area contributed by atoms with Crippen LogP contribution in [0.5, 0.6) is 5.75 Å². The van der Waals surface area contributed by atoms with E-state index in [9.17, 15) is 14.7 Å². The molecule has 80 valence electrons. The molecule has 15 heavy (non-hydrogen) atoms. The van der Waals surface area contributed by atoms with Crippen molar-refractivity contribution in [3.05, 3.63) is 22.4 Å². The van der Waals surface area contributed by atoms with Crippen LogP contribution < -0.4 is 5.32 Å². The molecule has 0 aliphatic heterocycles. The Bertz CT molecular complexity index is 408. The molecule has 0 aromatic carbocycles. The number of hydrogen-bond donors (Lipinski definition) is 3. The van der Waals surface area contributed by atoms with Crippen LogP contribution in [0.15, 0.2) is 16.7 Å². The van der Waals surface area contributed by atoms with Gasteiger partial charge in [-0.15, -0.1) is 0 Å². The van der Waals surface area contributed by atoms with E-state index in [1.54, 1.807) is 0 Å². The van der Waals surface area contributed by atoms with E-state index in [-0.39, 0.29) is 11.4 Å². The largest absolute Gasteiger partial charge is 0.505 e. The summed E-state index contributed by atoms with van der Waals surface area (Å²) < 4.78 is 0.523. The SMILES string of the molecule is O=C(O)CNC(=O)c1ncc(Br)cc1O. The number of amides is 1. The molecule has 0 fully saturated rings. The van der Waals surface area contributed by atoms with Crippen molar-refractivity contribution in [3.8, 4) is 5.75 Å². The highest BCUT2D eigenvalue weighted by Gasteiger charge is 2.13. The first-order chi connectivity index (χ1) is 7.00. The van der Waals surface area contributed by atoms with Crippen LogP contribution in [0.4, 0.5) is 0 Å². The number of carboxylic acid groups (broad SMARTS) is 1. The number of hydrogen-bond acceptors (Lipinski definition) is 4. The molecular weight excluding hydrogens is 268 g/mol. The summed E-state index contributed by atoms with van der Waals surface area (Å²) in [6.07, 6.45) is 1.33.